The van der Waals surface area contributed by atoms with Gasteiger partial charge in [-0.3, -0.25) is 4.79 Å². The number of hydrogen-bond acceptors (Lipinski definition) is 5. The van der Waals surface area contributed by atoms with Crippen molar-refractivity contribution in [2.24, 2.45) is 5.92 Å². The number of nitrogens with two attached hydrogens (primary N) is 1. The molecule has 1 amide bonds. The minimum Gasteiger partial charge on any atom is -0.368 e. The molecule has 1 unspecified atom stereocenters. The zero-order valence-corrected chi connectivity index (χ0v) is 10.4. The van der Waals surface area contributed by atoms with Crippen molar-refractivity contribution in [2.75, 3.05) is 17.6 Å². The molecule has 0 aliphatic rings. The first-order valence-electron chi connectivity index (χ1n) is 5.62. The summed E-state index contributed by atoms with van der Waals surface area (Å²) >= 11 is 0. The molecule has 0 aliphatic heterocycles. The number of carbonyl (C=O) groups is 1. The molecule has 1 aromatic heterocycles. The molecule has 1 aromatic rings. The van der Waals surface area contributed by atoms with Crippen LogP contribution >= 0.6 is 0 Å². The predicted molar refractivity (Wildman–Crippen MR) is 67.4 cm³/mol. The van der Waals surface area contributed by atoms with Gasteiger partial charge < -0.3 is 16.4 Å². The van der Waals surface area contributed by atoms with Crippen LogP contribution in [0.1, 0.15) is 20.8 Å². The Bertz CT molecular complexity index is 380. The number of carbonyl (C=O) groups excluding carboxylic acids is 1. The van der Waals surface area contributed by atoms with E-state index < -0.39 is 0 Å². The molecule has 0 saturated carbocycles. The van der Waals surface area contributed by atoms with Gasteiger partial charge in [-0.15, -0.1) is 0 Å². The van der Waals surface area contributed by atoms with Crippen LogP contribution in [0.2, 0.25) is 0 Å². The topological polar surface area (TPSA) is 92.9 Å². The van der Waals surface area contributed by atoms with E-state index in [0.717, 1.165) is 0 Å². The monoisotopic (exact) mass is 237 g/mol. The fourth-order valence-electron chi connectivity index (χ4n) is 1.20. The lowest BCUT2D eigenvalue weighted by Crippen LogP contribution is -2.39. The average Bonchev–Trinajstić information content (AvgIpc) is 2.25. The summed E-state index contributed by atoms with van der Waals surface area (Å²) in [5.41, 5.74) is 5.45. The van der Waals surface area contributed by atoms with E-state index in [9.17, 15) is 4.79 Å². The standard InChI is InChI=1S/C11H19N5O/c1-7(2)6-14-10(17)8(3)15-9-4-5-13-11(12)16-9/h4-5,7-8H,6H2,1-3H3,(H,14,17)(H3,12,13,15,16). The van der Waals surface area contributed by atoms with Crippen molar-refractivity contribution in [3.8, 4) is 0 Å². The predicted octanol–water partition coefficient (Wildman–Crippen LogP) is 0.631. The fraction of sp³-hybridized carbons (Fsp3) is 0.545. The molecule has 6 nitrogen and oxygen atoms in total. The maximum absolute atomic E-state index is 11.7. The van der Waals surface area contributed by atoms with Crippen LogP contribution in [0.5, 0.6) is 0 Å². The minimum atomic E-state index is -0.358. The van der Waals surface area contributed by atoms with Crippen molar-refractivity contribution >= 4 is 17.7 Å². The van der Waals surface area contributed by atoms with Gasteiger partial charge in [0.1, 0.15) is 11.9 Å². The normalized spacial score (nSPS) is 12.2. The van der Waals surface area contributed by atoms with Crippen LogP contribution in [0, 0.1) is 5.92 Å². The highest BCUT2D eigenvalue weighted by Crippen LogP contribution is 2.04. The number of amides is 1. The second kappa shape index (κ2) is 6.03. The molecule has 1 atom stereocenters. The van der Waals surface area contributed by atoms with Gasteiger partial charge in [0.05, 0.1) is 0 Å². The van der Waals surface area contributed by atoms with Gasteiger partial charge in [-0.1, -0.05) is 13.8 Å². The van der Waals surface area contributed by atoms with Gasteiger partial charge in [0, 0.05) is 12.7 Å². The first-order valence-corrected chi connectivity index (χ1v) is 5.62. The van der Waals surface area contributed by atoms with Crippen LogP contribution < -0.4 is 16.4 Å². The minimum absolute atomic E-state index is 0.0594. The highest BCUT2D eigenvalue weighted by atomic mass is 16.2. The Morgan fingerprint density at radius 2 is 2.18 bits per heavy atom. The molecular formula is C11H19N5O. The van der Waals surface area contributed by atoms with E-state index in [1.165, 1.54) is 0 Å². The molecule has 1 heterocycles. The number of nitrogens with one attached hydrogen (secondary N) is 2. The molecule has 0 radical (unpaired) electrons. The summed E-state index contributed by atoms with van der Waals surface area (Å²) < 4.78 is 0. The lowest BCUT2D eigenvalue weighted by atomic mass is 10.2. The van der Waals surface area contributed by atoms with Crippen molar-refractivity contribution in [3.05, 3.63) is 12.3 Å². The highest BCUT2D eigenvalue weighted by molar-refractivity contribution is 5.83. The first kappa shape index (κ1) is 13.2. The average molecular weight is 237 g/mol. The van der Waals surface area contributed by atoms with Crippen LogP contribution in [-0.4, -0.2) is 28.5 Å². The zero-order valence-electron chi connectivity index (χ0n) is 10.4. The third kappa shape index (κ3) is 4.67. The molecule has 4 N–H and O–H groups in total. The molecule has 6 heteroatoms. The maximum Gasteiger partial charge on any atom is 0.242 e. The molecule has 0 saturated heterocycles. The van der Waals surface area contributed by atoms with Crippen LogP contribution in [0.15, 0.2) is 12.3 Å². The Balaban J connectivity index is 2.48. The Morgan fingerprint density at radius 1 is 1.47 bits per heavy atom. The summed E-state index contributed by atoms with van der Waals surface area (Å²) in [4.78, 5) is 19.4. The van der Waals surface area contributed by atoms with E-state index in [4.69, 9.17) is 5.73 Å². The summed E-state index contributed by atoms with van der Waals surface area (Å²) in [7, 11) is 0. The van der Waals surface area contributed by atoms with Crippen LogP contribution in [0.3, 0.4) is 0 Å². The molecule has 94 valence electrons. The van der Waals surface area contributed by atoms with E-state index in [0.29, 0.717) is 18.3 Å². The van der Waals surface area contributed by atoms with E-state index in [1.807, 2.05) is 13.8 Å². The SMILES string of the molecule is CC(C)CNC(=O)C(C)Nc1ccnc(N)n1. The Morgan fingerprint density at radius 3 is 2.76 bits per heavy atom. The van der Waals surface area contributed by atoms with E-state index in [-0.39, 0.29) is 17.9 Å². The van der Waals surface area contributed by atoms with Gasteiger partial charge in [-0.2, -0.15) is 4.98 Å². The first-order chi connectivity index (χ1) is 7.99. The largest absolute Gasteiger partial charge is 0.368 e. The van der Waals surface area contributed by atoms with Crippen molar-refractivity contribution in [1.82, 2.24) is 15.3 Å². The Hall–Kier alpha value is -1.85. The van der Waals surface area contributed by atoms with Crippen LogP contribution in [-0.2, 0) is 4.79 Å². The van der Waals surface area contributed by atoms with Crippen LogP contribution in [0.4, 0.5) is 11.8 Å². The van der Waals surface area contributed by atoms with E-state index in [1.54, 1.807) is 19.2 Å². The molecule has 0 bridgehead atoms. The smallest absolute Gasteiger partial charge is 0.242 e. The lowest BCUT2D eigenvalue weighted by molar-refractivity contribution is -0.121. The van der Waals surface area contributed by atoms with E-state index in [2.05, 4.69) is 20.6 Å². The second-order valence-corrected chi connectivity index (χ2v) is 4.31. The van der Waals surface area contributed by atoms with Gasteiger partial charge in [-0.05, 0) is 18.9 Å². The van der Waals surface area contributed by atoms with Crippen molar-refractivity contribution < 1.29 is 4.79 Å². The molecule has 0 aromatic carbocycles. The maximum atomic E-state index is 11.7. The number of nitrogen functional groups attached to an aromatic ring is 1. The number of hydrogen-bond donors (Lipinski definition) is 3. The summed E-state index contributed by atoms with van der Waals surface area (Å²) in [6.07, 6.45) is 1.55. The van der Waals surface area contributed by atoms with Crippen LogP contribution in [0.25, 0.3) is 0 Å². The summed E-state index contributed by atoms with van der Waals surface area (Å²) in [5.74, 6) is 1.10. The molecule has 17 heavy (non-hydrogen) atoms. The third-order valence-corrected chi connectivity index (χ3v) is 2.12. The fourth-order valence-corrected chi connectivity index (χ4v) is 1.20. The van der Waals surface area contributed by atoms with Crippen molar-refractivity contribution in [3.63, 3.8) is 0 Å². The number of aromatic nitrogens is 2. The number of anilines is 2. The quantitative estimate of drug-likeness (QED) is 0.698. The van der Waals surface area contributed by atoms with Gasteiger partial charge in [0.15, 0.2) is 0 Å². The molecular weight excluding hydrogens is 218 g/mol. The van der Waals surface area contributed by atoms with Gasteiger partial charge in [0.2, 0.25) is 11.9 Å². The van der Waals surface area contributed by atoms with Crippen molar-refractivity contribution in [2.45, 2.75) is 26.8 Å². The third-order valence-electron chi connectivity index (χ3n) is 2.12. The van der Waals surface area contributed by atoms with Crippen molar-refractivity contribution in [1.29, 1.82) is 0 Å². The second-order valence-electron chi connectivity index (χ2n) is 4.31. The highest BCUT2D eigenvalue weighted by Gasteiger charge is 2.12. The van der Waals surface area contributed by atoms with Gasteiger partial charge in [0.25, 0.3) is 0 Å². The summed E-state index contributed by atoms with van der Waals surface area (Å²) in [6, 6.07) is 1.31. The number of rotatable bonds is 5. The Kier molecular flexibility index (Phi) is 4.68. The zero-order chi connectivity index (χ0) is 12.8. The number of nitrogens with zero attached hydrogens (tertiary/aromatic N) is 2. The molecule has 0 fully saturated rings. The molecule has 0 aliphatic carbocycles. The lowest BCUT2D eigenvalue weighted by Gasteiger charge is -2.15. The summed E-state index contributed by atoms with van der Waals surface area (Å²) in [5, 5.41) is 5.80. The van der Waals surface area contributed by atoms with E-state index >= 15 is 0 Å². The van der Waals surface area contributed by atoms with Gasteiger partial charge in [-0.25, -0.2) is 4.98 Å². The molecule has 0 spiro atoms. The van der Waals surface area contributed by atoms with Gasteiger partial charge >= 0.3 is 0 Å². The summed E-state index contributed by atoms with van der Waals surface area (Å²) in [6.45, 7) is 6.53. The molecule has 1 rings (SSSR count). The Labute approximate surface area is 101 Å².